The first-order valence-electron chi connectivity index (χ1n) is 10.4. The van der Waals surface area contributed by atoms with Crippen LogP contribution >= 0.6 is 0 Å². The van der Waals surface area contributed by atoms with Gasteiger partial charge in [-0.3, -0.25) is 0 Å². The minimum atomic E-state index is -3.21. The highest BCUT2D eigenvalue weighted by atomic mass is 32.2. The van der Waals surface area contributed by atoms with E-state index in [-0.39, 0.29) is 6.10 Å². The van der Waals surface area contributed by atoms with E-state index in [1.54, 1.807) is 6.07 Å². The van der Waals surface area contributed by atoms with Crippen molar-refractivity contribution in [2.75, 3.05) is 26.0 Å². The summed E-state index contributed by atoms with van der Waals surface area (Å²) in [5.74, 6) is 1.13. The van der Waals surface area contributed by atoms with E-state index >= 15 is 0 Å². The van der Waals surface area contributed by atoms with Gasteiger partial charge in [-0.1, -0.05) is 42.5 Å². The van der Waals surface area contributed by atoms with E-state index in [9.17, 15) is 8.42 Å². The second-order valence-corrected chi connectivity index (χ2v) is 9.68. The lowest BCUT2D eigenvalue weighted by molar-refractivity contribution is 0.0915. The molecule has 1 saturated heterocycles. The van der Waals surface area contributed by atoms with Gasteiger partial charge in [0.05, 0.1) is 17.5 Å². The van der Waals surface area contributed by atoms with E-state index in [1.807, 2.05) is 44.2 Å². The van der Waals surface area contributed by atoms with Gasteiger partial charge >= 0.3 is 0 Å². The molecule has 0 saturated carbocycles. The molecule has 1 fully saturated rings. The zero-order valence-corrected chi connectivity index (χ0v) is 18.7. The van der Waals surface area contributed by atoms with Crippen LogP contribution in [0.25, 0.3) is 0 Å². The highest BCUT2D eigenvalue weighted by Crippen LogP contribution is 2.33. The van der Waals surface area contributed by atoms with E-state index in [0.29, 0.717) is 17.4 Å². The molecule has 1 aliphatic heterocycles. The number of nitrogens with one attached hydrogen (secondary N) is 2. The van der Waals surface area contributed by atoms with E-state index in [1.165, 1.54) is 11.8 Å². The van der Waals surface area contributed by atoms with Gasteiger partial charge in [0.2, 0.25) is 0 Å². The average Bonchev–Trinajstić information content (AvgIpc) is 3.18. The lowest BCUT2D eigenvalue weighted by Gasteiger charge is -2.21. The van der Waals surface area contributed by atoms with Crippen molar-refractivity contribution in [1.82, 2.24) is 10.6 Å². The number of aryl methyl sites for hydroxylation is 1. The molecule has 2 aromatic rings. The van der Waals surface area contributed by atoms with Gasteiger partial charge in [-0.05, 0) is 43.0 Å². The molecule has 2 unspecified atom stereocenters. The molecule has 0 radical (unpaired) electrons. The minimum Gasteiger partial charge on any atom is -0.373 e. The Balaban J connectivity index is 1.64. The molecule has 0 aliphatic carbocycles. The molecule has 0 bridgehead atoms. The average molecular weight is 430 g/mol. The molecule has 1 aliphatic rings. The van der Waals surface area contributed by atoms with Crippen molar-refractivity contribution in [3.05, 3.63) is 65.2 Å². The fourth-order valence-corrected chi connectivity index (χ4v) is 4.78. The number of rotatable bonds is 7. The Labute approximate surface area is 179 Å². The van der Waals surface area contributed by atoms with E-state index in [0.717, 1.165) is 43.2 Å². The zero-order chi connectivity index (χ0) is 21.6. The first-order valence-corrected chi connectivity index (χ1v) is 12.3. The fraction of sp³-hybridized carbons (Fsp3) is 0.435. The van der Waals surface area contributed by atoms with Gasteiger partial charge in [0.25, 0.3) is 0 Å². The Kier molecular flexibility index (Phi) is 7.50. The quantitative estimate of drug-likeness (QED) is 0.522. The zero-order valence-electron chi connectivity index (χ0n) is 17.9. The van der Waals surface area contributed by atoms with Crippen molar-refractivity contribution in [3.63, 3.8) is 0 Å². The first kappa shape index (κ1) is 22.3. The topological polar surface area (TPSA) is 79.8 Å². The number of ether oxygens (including phenoxy) is 1. The Morgan fingerprint density at radius 3 is 2.60 bits per heavy atom. The lowest BCUT2D eigenvalue weighted by atomic mass is 9.95. The Morgan fingerprint density at radius 2 is 1.93 bits per heavy atom. The maximum atomic E-state index is 11.8. The third-order valence-corrected chi connectivity index (χ3v) is 6.53. The number of hydrogen-bond acceptors (Lipinski definition) is 4. The van der Waals surface area contributed by atoms with Crippen molar-refractivity contribution in [3.8, 4) is 0 Å². The molecule has 3 rings (SSSR count). The van der Waals surface area contributed by atoms with E-state index < -0.39 is 9.84 Å². The molecule has 2 N–H and O–H groups in total. The van der Waals surface area contributed by atoms with Crippen molar-refractivity contribution < 1.29 is 13.2 Å². The van der Waals surface area contributed by atoms with Gasteiger partial charge in [-0.2, -0.15) is 0 Å². The standard InChI is InChI=1S/C23H31N3O3S/c1-4-24-23(25-15-18-10-11-21(17(2)14-18)30(3,27)28)26-16-20-12-13-29-22(20)19-8-6-5-7-9-19/h5-11,14,20,22H,4,12-13,15-16H2,1-3H3,(H2,24,25,26). The largest absolute Gasteiger partial charge is 0.373 e. The van der Waals surface area contributed by atoms with Crippen molar-refractivity contribution in [2.45, 2.75) is 37.8 Å². The van der Waals surface area contributed by atoms with Crippen LogP contribution in [-0.4, -0.2) is 40.3 Å². The summed E-state index contributed by atoms with van der Waals surface area (Å²) >= 11 is 0. The Bertz CT molecular complexity index is 974. The Hall–Kier alpha value is -2.38. The lowest BCUT2D eigenvalue weighted by Crippen LogP contribution is -2.40. The van der Waals surface area contributed by atoms with Gasteiger partial charge in [0.1, 0.15) is 0 Å². The molecule has 0 spiro atoms. The predicted octanol–water partition coefficient (Wildman–Crippen LogP) is 3.23. The summed E-state index contributed by atoms with van der Waals surface area (Å²) in [5.41, 5.74) is 2.94. The molecule has 7 heteroatoms. The third kappa shape index (κ3) is 5.83. The van der Waals surface area contributed by atoms with Crippen LogP contribution in [0, 0.1) is 12.8 Å². The summed E-state index contributed by atoms with van der Waals surface area (Å²) in [6, 6.07) is 15.7. The molecule has 2 aromatic carbocycles. The van der Waals surface area contributed by atoms with Crippen LogP contribution in [0.2, 0.25) is 0 Å². The monoisotopic (exact) mass is 429 g/mol. The summed E-state index contributed by atoms with van der Waals surface area (Å²) in [7, 11) is -3.21. The van der Waals surface area contributed by atoms with Gasteiger partial charge in [0, 0.05) is 31.9 Å². The minimum absolute atomic E-state index is 0.104. The van der Waals surface area contributed by atoms with Crippen LogP contribution in [0.5, 0.6) is 0 Å². The highest BCUT2D eigenvalue weighted by molar-refractivity contribution is 7.90. The van der Waals surface area contributed by atoms with Crippen LogP contribution in [0.4, 0.5) is 0 Å². The summed E-state index contributed by atoms with van der Waals surface area (Å²) in [4.78, 5) is 5.05. The maximum absolute atomic E-state index is 11.8. The normalized spacial score (nSPS) is 19.6. The number of hydrogen-bond donors (Lipinski definition) is 2. The van der Waals surface area contributed by atoms with Crippen molar-refractivity contribution in [2.24, 2.45) is 10.9 Å². The third-order valence-electron chi connectivity index (χ3n) is 5.28. The van der Waals surface area contributed by atoms with Crippen LogP contribution in [0.3, 0.4) is 0 Å². The number of aliphatic imine (C=N–C) groups is 1. The fourth-order valence-electron chi connectivity index (χ4n) is 3.82. The van der Waals surface area contributed by atoms with E-state index in [2.05, 4.69) is 27.8 Å². The smallest absolute Gasteiger partial charge is 0.191 e. The number of benzene rings is 2. The molecular weight excluding hydrogens is 398 g/mol. The molecule has 0 amide bonds. The number of sulfone groups is 1. The Morgan fingerprint density at radius 1 is 1.17 bits per heavy atom. The van der Waals surface area contributed by atoms with Crippen LogP contribution < -0.4 is 10.6 Å². The van der Waals surface area contributed by atoms with E-state index in [4.69, 9.17) is 4.74 Å². The van der Waals surface area contributed by atoms with Gasteiger partial charge in [0.15, 0.2) is 15.8 Å². The van der Waals surface area contributed by atoms with Crippen molar-refractivity contribution >= 4 is 15.8 Å². The van der Waals surface area contributed by atoms with Crippen molar-refractivity contribution in [1.29, 1.82) is 0 Å². The molecule has 2 atom stereocenters. The molecule has 6 nitrogen and oxygen atoms in total. The van der Waals surface area contributed by atoms with Crippen LogP contribution in [0.15, 0.2) is 58.4 Å². The molecule has 162 valence electrons. The van der Waals surface area contributed by atoms with Gasteiger partial charge in [-0.15, -0.1) is 0 Å². The second kappa shape index (κ2) is 10.1. The summed E-state index contributed by atoms with van der Waals surface area (Å²) in [6.45, 7) is 6.64. The molecule has 1 heterocycles. The number of guanidine groups is 1. The molecule has 0 aromatic heterocycles. The summed E-state index contributed by atoms with van der Waals surface area (Å²) in [5, 5.41) is 6.73. The molecule has 30 heavy (non-hydrogen) atoms. The predicted molar refractivity (Wildman–Crippen MR) is 120 cm³/mol. The summed E-state index contributed by atoms with van der Waals surface area (Å²) in [6.07, 6.45) is 2.35. The SMILES string of the molecule is CCNC(=NCc1ccc(S(C)(=O)=O)c(C)c1)NCC1CCOC1c1ccccc1. The summed E-state index contributed by atoms with van der Waals surface area (Å²) < 4.78 is 29.6. The second-order valence-electron chi connectivity index (χ2n) is 7.70. The van der Waals surface area contributed by atoms with Crippen LogP contribution in [0.1, 0.15) is 36.1 Å². The first-order chi connectivity index (χ1) is 14.4. The van der Waals surface area contributed by atoms with Gasteiger partial charge < -0.3 is 15.4 Å². The van der Waals surface area contributed by atoms with Gasteiger partial charge in [-0.25, -0.2) is 13.4 Å². The highest BCUT2D eigenvalue weighted by Gasteiger charge is 2.29. The number of nitrogens with zero attached hydrogens (tertiary/aromatic N) is 1. The maximum Gasteiger partial charge on any atom is 0.191 e. The molecular formula is C23H31N3O3S. The van der Waals surface area contributed by atoms with Crippen LogP contribution in [-0.2, 0) is 21.1 Å².